The lowest BCUT2D eigenvalue weighted by Gasteiger charge is -1.92. The van der Waals surface area contributed by atoms with Crippen molar-refractivity contribution in [3.8, 4) is 0 Å². The average molecular weight is 177 g/mol. The van der Waals surface area contributed by atoms with Gasteiger partial charge >= 0.3 is 5.97 Å². The number of hydrogen-bond donors (Lipinski definition) is 2. The third kappa shape index (κ3) is 1.24. The molecule has 0 unspecified atom stereocenters. The molecule has 1 aliphatic rings. The predicted molar refractivity (Wildman–Crippen MR) is 45.3 cm³/mol. The van der Waals surface area contributed by atoms with E-state index in [1.54, 1.807) is 6.07 Å². The molecule has 0 fully saturated rings. The van der Waals surface area contributed by atoms with E-state index in [1.807, 2.05) is 0 Å². The Kier molecular flexibility index (Phi) is 1.51. The summed E-state index contributed by atoms with van der Waals surface area (Å²) < 4.78 is 0. The Labute approximate surface area is 73.2 Å². The number of anilines is 1. The zero-order valence-corrected chi connectivity index (χ0v) is 6.64. The van der Waals surface area contributed by atoms with Crippen LogP contribution in [0.25, 0.3) is 6.08 Å². The van der Waals surface area contributed by atoms with E-state index < -0.39 is 12.0 Å². The molecular weight excluding hydrogens is 170 g/mol. The van der Waals surface area contributed by atoms with Crippen molar-refractivity contribution in [1.29, 1.82) is 0 Å². The normalized spacial score (nSPS) is 18.6. The number of nitrogens with zero attached hydrogens (tertiary/aromatic N) is 2. The Morgan fingerprint density at radius 2 is 2.38 bits per heavy atom. The van der Waals surface area contributed by atoms with Crippen LogP contribution in [0.4, 0.5) is 5.69 Å². The number of nitrogen functional groups attached to an aromatic ring is 1. The van der Waals surface area contributed by atoms with Crippen LogP contribution >= 0.6 is 0 Å². The second-order valence-corrected chi connectivity index (χ2v) is 2.76. The maximum Gasteiger partial charge on any atom is 0.332 e. The fourth-order valence-corrected chi connectivity index (χ4v) is 1.19. The summed E-state index contributed by atoms with van der Waals surface area (Å²) in [6, 6.07) is 0.846. The average Bonchev–Trinajstić information content (AvgIpc) is 2.46. The minimum absolute atomic E-state index is 0.446. The van der Waals surface area contributed by atoms with Gasteiger partial charge in [0.1, 0.15) is 0 Å². The number of carbonyl (C=O) groups is 1. The smallest absolute Gasteiger partial charge is 0.332 e. The molecule has 3 N–H and O–H groups in total. The van der Waals surface area contributed by atoms with Crippen LogP contribution in [-0.2, 0) is 4.79 Å². The van der Waals surface area contributed by atoms with Gasteiger partial charge in [0.25, 0.3) is 0 Å². The summed E-state index contributed by atoms with van der Waals surface area (Å²) in [4.78, 5) is 18.3. The molecule has 13 heavy (non-hydrogen) atoms. The Morgan fingerprint density at radius 3 is 3.08 bits per heavy atom. The molecule has 1 aromatic heterocycles. The van der Waals surface area contributed by atoms with Crippen LogP contribution in [0.3, 0.4) is 0 Å². The molecule has 1 atom stereocenters. The molecule has 0 saturated heterocycles. The van der Waals surface area contributed by atoms with E-state index in [-0.39, 0.29) is 0 Å². The predicted octanol–water partition coefficient (Wildman–Crippen LogP) is -1.47. The first-order chi connectivity index (χ1) is 6.16. The highest BCUT2D eigenvalue weighted by atomic mass is 16.4. The number of nitrogens with two attached hydrogens (primary N) is 1. The first-order valence-corrected chi connectivity index (χ1v) is 3.71. The molecule has 1 aliphatic heterocycles. The summed E-state index contributed by atoms with van der Waals surface area (Å²) in [6.07, 6.45) is 2.99. The molecule has 1 aromatic rings. The summed E-state index contributed by atoms with van der Waals surface area (Å²) in [5, 5.41) is 9.36. The second-order valence-electron chi connectivity index (χ2n) is 2.76. The van der Waals surface area contributed by atoms with E-state index in [4.69, 9.17) is 10.8 Å². The number of pyridine rings is 1. The Bertz CT molecular complexity index is 481. The largest absolute Gasteiger partial charge is 0.479 e. The molecular formula is C8H7N3O2. The zero-order valence-electron chi connectivity index (χ0n) is 6.64. The highest BCUT2D eigenvalue weighted by Gasteiger charge is 2.16. The number of hydrogen-bond acceptors (Lipinski definition) is 4. The lowest BCUT2D eigenvalue weighted by molar-refractivity contribution is -0.136. The van der Waals surface area contributed by atoms with Gasteiger partial charge in [-0.25, -0.2) is 14.8 Å². The van der Waals surface area contributed by atoms with Crippen molar-refractivity contribution in [2.75, 3.05) is 5.73 Å². The zero-order chi connectivity index (χ0) is 9.42. The Balaban J connectivity index is 2.61. The monoisotopic (exact) mass is 177 g/mol. The quantitative estimate of drug-likeness (QED) is 0.548. The van der Waals surface area contributed by atoms with E-state index in [9.17, 15) is 4.79 Å². The minimum Gasteiger partial charge on any atom is -0.479 e. The maximum atomic E-state index is 10.6. The molecule has 5 heteroatoms. The molecule has 0 spiro atoms. The van der Waals surface area contributed by atoms with Crippen LogP contribution in [0.2, 0.25) is 0 Å². The van der Waals surface area contributed by atoms with Gasteiger partial charge in [0, 0.05) is 5.22 Å². The van der Waals surface area contributed by atoms with Gasteiger partial charge in [-0.05, 0) is 12.1 Å². The first-order valence-electron chi connectivity index (χ1n) is 3.71. The molecule has 66 valence electrons. The van der Waals surface area contributed by atoms with Gasteiger partial charge in [-0.1, -0.05) is 0 Å². The molecule has 0 aromatic carbocycles. The summed E-state index contributed by atoms with van der Waals surface area (Å²) in [5.74, 6) is -0.975. The van der Waals surface area contributed by atoms with Crippen molar-refractivity contribution in [2.24, 2.45) is 4.99 Å². The van der Waals surface area contributed by atoms with Gasteiger partial charge in [0.2, 0.25) is 0 Å². The third-order valence-electron chi connectivity index (χ3n) is 1.77. The van der Waals surface area contributed by atoms with Crippen LogP contribution in [0, 0.1) is 0 Å². The highest BCUT2D eigenvalue weighted by molar-refractivity contribution is 5.82. The fourth-order valence-electron chi connectivity index (χ4n) is 1.19. The number of carboxylic acid groups (broad SMARTS) is 1. The van der Waals surface area contributed by atoms with E-state index in [2.05, 4.69) is 9.98 Å². The van der Waals surface area contributed by atoms with Gasteiger partial charge in [0.05, 0.1) is 11.9 Å². The number of fused-ring (bicyclic) bond motifs is 1. The number of carboxylic acids is 1. The Hall–Kier alpha value is -1.91. The van der Waals surface area contributed by atoms with Crippen molar-refractivity contribution in [3.05, 3.63) is 23.0 Å². The number of aliphatic carboxylic acids is 1. The highest BCUT2D eigenvalue weighted by Crippen LogP contribution is 1.97. The summed E-state index contributed by atoms with van der Waals surface area (Å²) in [7, 11) is 0. The lowest BCUT2D eigenvalue weighted by atomic mass is 10.3. The summed E-state index contributed by atoms with van der Waals surface area (Å²) in [5.41, 5.74) is 6.44. The molecule has 2 rings (SSSR count). The fraction of sp³-hybridized carbons (Fsp3) is 0.125. The third-order valence-corrected chi connectivity index (χ3v) is 1.77. The molecule has 2 heterocycles. The van der Waals surface area contributed by atoms with Gasteiger partial charge in [-0.2, -0.15) is 0 Å². The van der Waals surface area contributed by atoms with Gasteiger partial charge < -0.3 is 10.8 Å². The maximum absolute atomic E-state index is 10.6. The van der Waals surface area contributed by atoms with E-state index in [1.165, 1.54) is 12.3 Å². The lowest BCUT2D eigenvalue weighted by Crippen LogP contribution is -2.25. The van der Waals surface area contributed by atoms with Crippen molar-refractivity contribution in [1.82, 2.24) is 4.98 Å². The summed E-state index contributed by atoms with van der Waals surface area (Å²) in [6.45, 7) is 0. The van der Waals surface area contributed by atoms with Gasteiger partial charge in [-0.3, -0.25) is 0 Å². The van der Waals surface area contributed by atoms with Gasteiger partial charge in [-0.15, -0.1) is 0 Å². The molecule has 0 radical (unpaired) electrons. The van der Waals surface area contributed by atoms with Crippen molar-refractivity contribution in [3.63, 3.8) is 0 Å². The van der Waals surface area contributed by atoms with Crippen molar-refractivity contribution in [2.45, 2.75) is 6.04 Å². The second kappa shape index (κ2) is 2.55. The molecule has 0 bridgehead atoms. The minimum atomic E-state index is -0.975. The number of aromatic nitrogens is 1. The topological polar surface area (TPSA) is 88.6 Å². The van der Waals surface area contributed by atoms with E-state index in [0.29, 0.717) is 16.4 Å². The van der Waals surface area contributed by atoms with E-state index >= 15 is 0 Å². The molecule has 5 nitrogen and oxygen atoms in total. The van der Waals surface area contributed by atoms with Crippen molar-refractivity contribution >= 4 is 17.7 Å². The van der Waals surface area contributed by atoms with Crippen LogP contribution < -0.4 is 16.4 Å². The van der Waals surface area contributed by atoms with E-state index in [0.717, 1.165) is 0 Å². The van der Waals surface area contributed by atoms with Crippen LogP contribution in [0.5, 0.6) is 0 Å². The van der Waals surface area contributed by atoms with Crippen molar-refractivity contribution < 1.29 is 9.90 Å². The molecule has 0 amide bonds. The summed E-state index contributed by atoms with van der Waals surface area (Å²) >= 11 is 0. The van der Waals surface area contributed by atoms with Crippen LogP contribution in [0.15, 0.2) is 17.3 Å². The number of rotatable bonds is 1. The SMILES string of the molecule is Nc1cnc2c(c1)=C[C@@H](C(=O)O)N=2. The Morgan fingerprint density at radius 1 is 1.62 bits per heavy atom. The molecule has 0 aliphatic carbocycles. The molecule has 0 saturated carbocycles. The van der Waals surface area contributed by atoms with Gasteiger partial charge in [0.15, 0.2) is 11.5 Å². The van der Waals surface area contributed by atoms with Crippen LogP contribution in [-0.4, -0.2) is 22.1 Å². The van der Waals surface area contributed by atoms with Crippen LogP contribution in [0.1, 0.15) is 0 Å². The first kappa shape index (κ1) is 7.72. The standard InChI is InChI=1S/C8H7N3O2/c9-5-1-4-2-6(8(12)13)11-7(4)10-3-5/h1-3,6H,9H2,(H,12,13)/t6-/m0/s1.